The lowest BCUT2D eigenvalue weighted by Gasteiger charge is -2.13. The molecule has 0 radical (unpaired) electrons. The molecule has 100 valence electrons. The first kappa shape index (κ1) is 14.0. The van der Waals surface area contributed by atoms with Crippen molar-refractivity contribution in [3.63, 3.8) is 0 Å². The van der Waals surface area contributed by atoms with Gasteiger partial charge in [-0.15, -0.1) is 0 Å². The molecule has 0 aliphatic heterocycles. The Balaban J connectivity index is 2.41. The Morgan fingerprint density at radius 2 is 1.74 bits per heavy atom. The van der Waals surface area contributed by atoms with Crippen molar-refractivity contribution in [2.24, 2.45) is 5.73 Å². The van der Waals surface area contributed by atoms with Crippen molar-refractivity contribution < 1.29 is 13.2 Å². The van der Waals surface area contributed by atoms with E-state index < -0.39 is 23.5 Å². The van der Waals surface area contributed by atoms with Crippen LogP contribution in [0, 0.1) is 17.5 Å². The van der Waals surface area contributed by atoms with Crippen molar-refractivity contribution in [1.82, 2.24) is 0 Å². The normalized spacial score (nSPS) is 12.5. The number of nitrogens with two attached hydrogens (primary N) is 1. The molecular weight excluding hydrogens is 271 g/mol. The van der Waals surface area contributed by atoms with Crippen LogP contribution in [0.2, 0.25) is 0 Å². The van der Waals surface area contributed by atoms with Gasteiger partial charge in [-0.2, -0.15) is 0 Å². The van der Waals surface area contributed by atoms with Crippen LogP contribution >= 0.6 is 11.8 Å². The standard InChI is InChI=1S/C14H12F3NS/c1-8(18)14-10(16)3-2-4-13(14)19-12-6-5-9(15)7-11(12)17/h2-8H,18H2,1H3/t8-/m1/s1. The van der Waals surface area contributed by atoms with Crippen LogP contribution in [0.25, 0.3) is 0 Å². The summed E-state index contributed by atoms with van der Waals surface area (Å²) in [4.78, 5) is 0.759. The highest BCUT2D eigenvalue weighted by molar-refractivity contribution is 7.99. The molecule has 5 heteroatoms. The van der Waals surface area contributed by atoms with Gasteiger partial charge in [0.05, 0.1) is 0 Å². The Bertz CT molecular complexity index is 599. The van der Waals surface area contributed by atoms with Crippen LogP contribution < -0.4 is 5.73 Å². The summed E-state index contributed by atoms with van der Waals surface area (Å²) in [6.45, 7) is 1.66. The molecule has 1 atom stereocenters. The number of rotatable bonds is 3. The molecule has 2 aromatic carbocycles. The first-order valence-corrected chi connectivity index (χ1v) is 6.47. The minimum Gasteiger partial charge on any atom is -0.324 e. The smallest absolute Gasteiger partial charge is 0.140 e. The topological polar surface area (TPSA) is 26.0 Å². The Morgan fingerprint density at radius 1 is 1.00 bits per heavy atom. The molecule has 2 rings (SSSR count). The third kappa shape index (κ3) is 3.11. The maximum Gasteiger partial charge on any atom is 0.140 e. The molecule has 2 aromatic rings. The zero-order valence-corrected chi connectivity index (χ0v) is 11.0. The van der Waals surface area contributed by atoms with Gasteiger partial charge in [-0.3, -0.25) is 0 Å². The lowest BCUT2D eigenvalue weighted by atomic mass is 10.1. The van der Waals surface area contributed by atoms with Gasteiger partial charge in [-0.05, 0) is 31.2 Å². The monoisotopic (exact) mass is 283 g/mol. The van der Waals surface area contributed by atoms with Crippen LogP contribution in [-0.4, -0.2) is 0 Å². The molecule has 0 aliphatic rings. The average Bonchev–Trinajstić information content (AvgIpc) is 2.32. The van der Waals surface area contributed by atoms with Crippen LogP contribution in [-0.2, 0) is 0 Å². The second-order valence-corrected chi connectivity index (χ2v) is 5.20. The van der Waals surface area contributed by atoms with Crippen molar-refractivity contribution in [3.8, 4) is 0 Å². The zero-order chi connectivity index (χ0) is 14.0. The predicted octanol–water partition coefficient (Wildman–Crippen LogP) is 4.27. The Labute approximate surface area is 113 Å². The fourth-order valence-corrected chi connectivity index (χ4v) is 2.79. The van der Waals surface area contributed by atoms with E-state index >= 15 is 0 Å². The summed E-state index contributed by atoms with van der Waals surface area (Å²) in [5.41, 5.74) is 6.05. The van der Waals surface area contributed by atoms with Crippen molar-refractivity contribution in [1.29, 1.82) is 0 Å². The second kappa shape index (κ2) is 5.67. The molecule has 0 saturated carbocycles. The van der Waals surface area contributed by atoms with E-state index in [0.29, 0.717) is 10.5 Å². The highest BCUT2D eigenvalue weighted by atomic mass is 32.2. The van der Waals surface area contributed by atoms with Crippen molar-refractivity contribution >= 4 is 11.8 Å². The molecule has 0 aromatic heterocycles. The van der Waals surface area contributed by atoms with Gasteiger partial charge in [-0.1, -0.05) is 17.8 Å². The average molecular weight is 283 g/mol. The molecule has 1 nitrogen and oxygen atoms in total. The molecule has 0 unspecified atom stereocenters. The van der Waals surface area contributed by atoms with Gasteiger partial charge in [0, 0.05) is 27.5 Å². The van der Waals surface area contributed by atoms with Gasteiger partial charge in [0.1, 0.15) is 17.5 Å². The summed E-state index contributed by atoms with van der Waals surface area (Å²) in [6.07, 6.45) is 0. The summed E-state index contributed by atoms with van der Waals surface area (Å²) in [5.74, 6) is -1.75. The Morgan fingerprint density at radius 3 is 2.37 bits per heavy atom. The molecule has 0 bridgehead atoms. The third-order valence-electron chi connectivity index (χ3n) is 2.58. The van der Waals surface area contributed by atoms with Gasteiger partial charge in [0.15, 0.2) is 0 Å². The summed E-state index contributed by atoms with van der Waals surface area (Å²) in [6, 6.07) is 7.28. The summed E-state index contributed by atoms with van der Waals surface area (Å²) in [5, 5.41) is 0. The second-order valence-electron chi connectivity index (χ2n) is 4.12. The first-order valence-electron chi connectivity index (χ1n) is 5.66. The Kier molecular flexibility index (Phi) is 4.17. The van der Waals surface area contributed by atoms with Crippen LogP contribution in [0.3, 0.4) is 0 Å². The van der Waals surface area contributed by atoms with E-state index in [1.165, 1.54) is 18.2 Å². The van der Waals surface area contributed by atoms with E-state index in [2.05, 4.69) is 0 Å². The SMILES string of the molecule is C[C@@H](N)c1c(F)cccc1Sc1ccc(F)cc1F. The lowest BCUT2D eigenvalue weighted by molar-refractivity contribution is 0.565. The van der Waals surface area contributed by atoms with E-state index in [0.717, 1.165) is 23.9 Å². The van der Waals surface area contributed by atoms with Gasteiger partial charge in [0.25, 0.3) is 0 Å². The van der Waals surface area contributed by atoms with Crippen molar-refractivity contribution in [3.05, 3.63) is 59.4 Å². The highest BCUT2D eigenvalue weighted by Gasteiger charge is 2.15. The molecule has 0 amide bonds. The van der Waals surface area contributed by atoms with E-state index in [4.69, 9.17) is 5.73 Å². The molecule has 0 aliphatic carbocycles. The van der Waals surface area contributed by atoms with Crippen LogP contribution in [0.5, 0.6) is 0 Å². The van der Waals surface area contributed by atoms with E-state index in [1.807, 2.05) is 0 Å². The summed E-state index contributed by atoms with van der Waals surface area (Å²) in [7, 11) is 0. The lowest BCUT2D eigenvalue weighted by Crippen LogP contribution is -2.09. The van der Waals surface area contributed by atoms with E-state index in [-0.39, 0.29) is 4.90 Å². The number of halogens is 3. The van der Waals surface area contributed by atoms with Gasteiger partial charge in [-0.25, -0.2) is 13.2 Å². The largest absolute Gasteiger partial charge is 0.324 e. The maximum atomic E-state index is 13.7. The van der Waals surface area contributed by atoms with Gasteiger partial charge >= 0.3 is 0 Å². The third-order valence-corrected chi connectivity index (χ3v) is 3.71. The van der Waals surface area contributed by atoms with Gasteiger partial charge < -0.3 is 5.73 Å². The van der Waals surface area contributed by atoms with Crippen LogP contribution in [0.15, 0.2) is 46.2 Å². The molecule has 0 saturated heterocycles. The van der Waals surface area contributed by atoms with Crippen molar-refractivity contribution in [2.45, 2.75) is 22.8 Å². The molecular formula is C14H12F3NS. The fourth-order valence-electron chi connectivity index (χ4n) is 1.72. The van der Waals surface area contributed by atoms with Crippen molar-refractivity contribution in [2.75, 3.05) is 0 Å². The quantitative estimate of drug-likeness (QED) is 0.910. The minimum atomic E-state index is -0.676. The zero-order valence-electron chi connectivity index (χ0n) is 10.2. The predicted molar refractivity (Wildman–Crippen MR) is 69.5 cm³/mol. The Hall–Kier alpha value is -1.46. The van der Waals surface area contributed by atoms with E-state index in [9.17, 15) is 13.2 Å². The number of benzene rings is 2. The molecule has 0 heterocycles. The van der Waals surface area contributed by atoms with Crippen LogP contribution in [0.1, 0.15) is 18.5 Å². The minimum absolute atomic E-state index is 0.230. The van der Waals surface area contributed by atoms with Gasteiger partial charge in [0.2, 0.25) is 0 Å². The van der Waals surface area contributed by atoms with Crippen LogP contribution in [0.4, 0.5) is 13.2 Å². The highest BCUT2D eigenvalue weighted by Crippen LogP contribution is 2.35. The molecule has 2 N–H and O–H groups in total. The molecule has 19 heavy (non-hydrogen) atoms. The number of hydrogen-bond donors (Lipinski definition) is 1. The molecule has 0 fully saturated rings. The van der Waals surface area contributed by atoms with E-state index in [1.54, 1.807) is 13.0 Å². The molecule has 0 spiro atoms. The first-order chi connectivity index (χ1) is 8.99. The fraction of sp³-hybridized carbons (Fsp3) is 0.143. The number of hydrogen-bond acceptors (Lipinski definition) is 2. The maximum absolute atomic E-state index is 13.7. The summed E-state index contributed by atoms with van der Waals surface area (Å²) >= 11 is 1.03. The summed E-state index contributed by atoms with van der Waals surface area (Å²) < 4.78 is 40.1.